The first kappa shape index (κ1) is 11.8. The van der Waals surface area contributed by atoms with Crippen LogP contribution in [-0.4, -0.2) is 26.7 Å². The van der Waals surface area contributed by atoms with Gasteiger partial charge in [-0.05, 0) is 19.9 Å². The topological polar surface area (TPSA) is 68.8 Å². The number of rotatable bonds is 6. The summed E-state index contributed by atoms with van der Waals surface area (Å²) in [5, 5.41) is 15.3. The molecule has 0 aliphatic carbocycles. The minimum absolute atomic E-state index is 0.595. The Morgan fingerprint density at radius 2 is 2.29 bits per heavy atom. The summed E-state index contributed by atoms with van der Waals surface area (Å²) >= 11 is 0. The summed E-state index contributed by atoms with van der Waals surface area (Å²) in [4.78, 5) is 0. The molecule has 6 heteroatoms. The van der Waals surface area contributed by atoms with Crippen LogP contribution in [0.5, 0.6) is 0 Å². The molecule has 0 radical (unpaired) electrons. The number of nitrogens with one attached hydrogen (secondary N) is 1. The molecule has 17 heavy (non-hydrogen) atoms. The van der Waals surface area contributed by atoms with Crippen molar-refractivity contribution >= 4 is 0 Å². The molecule has 0 amide bonds. The maximum absolute atomic E-state index is 5.00. The van der Waals surface area contributed by atoms with Crippen molar-refractivity contribution in [2.75, 3.05) is 6.54 Å². The molecule has 2 aromatic heterocycles. The van der Waals surface area contributed by atoms with E-state index in [1.807, 2.05) is 19.2 Å². The Kier molecular flexibility index (Phi) is 3.87. The first-order valence-corrected chi connectivity index (χ1v) is 5.80. The van der Waals surface area contributed by atoms with Gasteiger partial charge in [0.1, 0.15) is 11.5 Å². The van der Waals surface area contributed by atoms with E-state index in [0.717, 1.165) is 36.7 Å². The van der Waals surface area contributed by atoms with Gasteiger partial charge in [0.25, 0.3) is 0 Å². The van der Waals surface area contributed by atoms with Gasteiger partial charge >= 0.3 is 0 Å². The predicted octanol–water partition coefficient (Wildman–Crippen LogP) is 1.12. The zero-order chi connectivity index (χ0) is 12.1. The highest BCUT2D eigenvalue weighted by molar-refractivity contribution is 5.04. The van der Waals surface area contributed by atoms with Gasteiger partial charge in [-0.1, -0.05) is 17.3 Å². The molecule has 0 unspecified atom stereocenters. The first-order chi connectivity index (χ1) is 8.28. The van der Waals surface area contributed by atoms with E-state index >= 15 is 0 Å². The predicted molar refractivity (Wildman–Crippen MR) is 62.4 cm³/mol. The molecular weight excluding hydrogens is 218 g/mol. The van der Waals surface area contributed by atoms with Crippen molar-refractivity contribution in [3.05, 3.63) is 29.4 Å². The highest BCUT2D eigenvalue weighted by Crippen LogP contribution is 2.03. The quantitative estimate of drug-likeness (QED) is 0.760. The highest BCUT2D eigenvalue weighted by Gasteiger charge is 2.04. The summed E-state index contributed by atoms with van der Waals surface area (Å²) in [5.41, 5.74) is 1.80. The van der Waals surface area contributed by atoms with Crippen LogP contribution >= 0.6 is 0 Å². The van der Waals surface area contributed by atoms with Gasteiger partial charge in [-0.2, -0.15) is 0 Å². The van der Waals surface area contributed by atoms with E-state index in [1.54, 1.807) is 4.68 Å². The molecule has 2 aromatic rings. The van der Waals surface area contributed by atoms with Crippen molar-refractivity contribution in [1.29, 1.82) is 0 Å². The minimum atomic E-state index is 0.595. The third-order valence-electron chi connectivity index (χ3n) is 2.32. The Balaban J connectivity index is 1.89. The molecule has 92 valence electrons. The van der Waals surface area contributed by atoms with E-state index in [2.05, 4.69) is 27.7 Å². The fourth-order valence-corrected chi connectivity index (χ4v) is 1.55. The van der Waals surface area contributed by atoms with E-state index in [9.17, 15) is 0 Å². The van der Waals surface area contributed by atoms with Gasteiger partial charge in [-0.25, -0.2) is 4.68 Å². The molecule has 0 atom stereocenters. The number of hydrogen-bond donors (Lipinski definition) is 1. The lowest BCUT2D eigenvalue weighted by Gasteiger charge is -1.97. The maximum atomic E-state index is 5.00. The van der Waals surface area contributed by atoms with E-state index < -0.39 is 0 Å². The van der Waals surface area contributed by atoms with Gasteiger partial charge in [-0.3, -0.25) is 0 Å². The van der Waals surface area contributed by atoms with Gasteiger partial charge in [0, 0.05) is 12.6 Å². The summed E-state index contributed by atoms with van der Waals surface area (Å²) in [6.45, 7) is 6.35. The van der Waals surface area contributed by atoms with Gasteiger partial charge in [0.05, 0.1) is 18.4 Å². The summed E-state index contributed by atoms with van der Waals surface area (Å²) in [6.07, 6.45) is 3.04. The SMILES string of the molecule is CCCNCc1cn(Cc2cc(C)on2)nn1. The van der Waals surface area contributed by atoms with Crippen LogP contribution in [0.2, 0.25) is 0 Å². The van der Waals surface area contributed by atoms with Crippen LogP contribution in [0.4, 0.5) is 0 Å². The average molecular weight is 235 g/mol. The third-order valence-corrected chi connectivity index (χ3v) is 2.32. The fourth-order valence-electron chi connectivity index (χ4n) is 1.55. The lowest BCUT2D eigenvalue weighted by Crippen LogP contribution is -2.13. The molecule has 0 bridgehead atoms. The zero-order valence-corrected chi connectivity index (χ0v) is 10.2. The van der Waals surface area contributed by atoms with E-state index in [1.165, 1.54) is 0 Å². The smallest absolute Gasteiger partial charge is 0.133 e. The zero-order valence-electron chi connectivity index (χ0n) is 10.2. The third kappa shape index (κ3) is 3.39. The van der Waals surface area contributed by atoms with Crippen LogP contribution in [-0.2, 0) is 13.1 Å². The Labute approximate surface area is 100.0 Å². The van der Waals surface area contributed by atoms with Crippen molar-refractivity contribution < 1.29 is 4.52 Å². The van der Waals surface area contributed by atoms with Crippen LogP contribution in [0.15, 0.2) is 16.8 Å². The largest absolute Gasteiger partial charge is 0.361 e. The van der Waals surface area contributed by atoms with E-state index in [4.69, 9.17) is 4.52 Å². The summed E-state index contributed by atoms with van der Waals surface area (Å²) in [7, 11) is 0. The summed E-state index contributed by atoms with van der Waals surface area (Å²) in [5.74, 6) is 0.810. The fraction of sp³-hybridized carbons (Fsp3) is 0.545. The van der Waals surface area contributed by atoms with Gasteiger partial charge in [-0.15, -0.1) is 5.10 Å². The maximum Gasteiger partial charge on any atom is 0.133 e. The van der Waals surface area contributed by atoms with E-state index in [0.29, 0.717) is 6.54 Å². The molecule has 0 aliphatic rings. The molecule has 6 nitrogen and oxygen atoms in total. The molecular formula is C11H17N5O. The average Bonchev–Trinajstić information content (AvgIpc) is 2.90. The minimum Gasteiger partial charge on any atom is -0.361 e. The standard InChI is InChI=1S/C11H17N5O/c1-3-4-12-6-11-8-16(15-13-11)7-10-5-9(2)17-14-10/h5,8,12H,3-4,6-7H2,1-2H3. The molecule has 0 fully saturated rings. The molecule has 0 aliphatic heterocycles. The number of nitrogens with zero attached hydrogens (tertiary/aromatic N) is 4. The molecule has 2 heterocycles. The van der Waals surface area contributed by atoms with Gasteiger partial charge in [0.15, 0.2) is 0 Å². The Morgan fingerprint density at radius 3 is 3.00 bits per heavy atom. The molecule has 1 N–H and O–H groups in total. The number of aryl methyl sites for hydroxylation is 1. The van der Waals surface area contributed by atoms with Crippen LogP contribution in [0, 0.1) is 6.92 Å². The van der Waals surface area contributed by atoms with Gasteiger partial charge < -0.3 is 9.84 Å². The molecule has 0 saturated carbocycles. The lowest BCUT2D eigenvalue weighted by molar-refractivity contribution is 0.387. The number of aromatic nitrogens is 4. The Hall–Kier alpha value is -1.69. The monoisotopic (exact) mass is 235 g/mol. The Bertz CT molecular complexity index is 462. The second-order valence-corrected chi connectivity index (χ2v) is 4.01. The van der Waals surface area contributed by atoms with Gasteiger partial charge in [0.2, 0.25) is 0 Å². The van der Waals surface area contributed by atoms with Crippen LogP contribution in [0.1, 0.15) is 30.5 Å². The van der Waals surface area contributed by atoms with Crippen LogP contribution in [0.3, 0.4) is 0 Å². The highest BCUT2D eigenvalue weighted by atomic mass is 16.5. The van der Waals surface area contributed by atoms with Crippen LogP contribution in [0.25, 0.3) is 0 Å². The second-order valence-electron chi connectivity index (χ2n) is 4.01. The molecule has 2 rings (SSSR count). The Morgan fingerprint density at radius 1 is 1.41 bits per heavy atom. The van der Waals surface area contributed by atoms with Crippen LogP contribution < -0.4 is 5.32 Å². The van der Waals surface area contributed by atoms with E-state index in [-0.39, 0.29) is 0 Å². The second kappa shape index (κ2) is 5.58. The first-order valence-electron chi connectivity index (χ1n) is 5.80. The normalized spacial score (nSPS) is 10.9. The number of hydrogen-bond acceptors (Lipinski definition) is 5. The summed E-state index contributed by atoms with van der Waals surface area (Å²) < 4.78 is 6.76. The molecule has 0 aromatic carbocycles. The van der Waals surface area contributed by atoms with Crippen molar-refractivity contribution in [3.8, 4) is 0 Å². The summed E-state index contributed by atoms with van der Waals surface area (Å²) in [6, 6.07) is 1.90. The van der Waals surface area contributed by atoms with Crippen molar-refractivity contribution in [2.24, 2.45) is 0 Å². The van der Waals surface area contributed by atoms with Crippen molar-refractivity contribution in [1.82, 2.24) is 25.5 Å². The molecule has 0 spiro atoms. The van der Waals surface area contributed by atoms with Crippen molar-refractivity contribution in [3.63, 3.8) is 0 Å². The molecule has 0 saturated heterocycles. The lowest BCUT2D eigenvalue weighted by atomic mass is 10.4. The van der Waals surface area contributed by atoms with Crippen molar-refractivity contribution in [2.45, 2.75) is 33.4 Å².